The van der Waals surface area contributed by atoms with E-state index in [1.165, 1.54) is 12.8 Å². The van der Waals surface area contributed by atoms with Crippen LogP contribution in [-0.2, 0) is 23.8 Å². The van der Waals surface area contributed by atoms with Gasteiger partial charge in [-0.25, -0.2) is 9.97 Å². The maximum absolute atomic E-state index is 12.4. The van der Waals surface area contributed by atoms with E-state index in [1.54, 1.807) is 0 Å². The number of imidazole rings is 1. The Hall–Kier alpha value is -2.21. The molecule has 1 aliphatic carbocycles. The number of hydrogen-bond donors (Lipinski definition) is 1. The van der Waals surface area contributed by atoms with Gasteiger partial charge in [0.1, 0.15) is 11.3 Å². The van der Waals surface area contributed by atoms with E-state index in [2.05, 4.69) is 16.5 Å². The van der Waals surface area contributed by atoms with Gasteiger partial charge in [-0.3, -0.25) is 4.21 Å². The summed E-state index contributed by atoms with van der Waals surface area (Å²) >= 11 is 0. The van der Waals surface area contributed by atoms with Crippen LogP contribution in [0.1, 0.15) is 37.1 Å². The summed E-state index contributed by atoms with van der Waals surface area (Å²) in [5.74, 6) is 3.09. The third kappa shape index (κ3) is 4.05. The van der Waals surface area contributed by atoms with Crippen molar-refractivity contribution in [1.29, 1.82) is 0 Å². The molecule has 5 nitrogen and oxygen atoms in total. The topological polar surface area (TPSA) is 73.8 Å². The SMILES string of the molecule is Cc1cnc(N)c2nc(CC3CC3)n(CCCCS(=O)c3ccccc3)c12. The van der Waals surface area contributed by atoms with Gasteiger partial charge in [-0.15, -0.1) is 0 Å². The van der Waals surface area contributed by atoms with Crippen molar-refractivity contribution >= 4 is 27.7 Å². The van der Waals surface area contributed by atoms with Crippen LogP contribution >= 0.6 is 0 Å². The normalized spacial score (nSPS) is 15.3. The van der Waals surface area contributed by atoms with Gasteiger partial charge in [-0.2, -0.15) is 0 Å². The number of aromatic nitrogens is 3. The van der Waals surface area contributed by atoms with Gasteiger partial charge in [0.25, 0.3) is 0 Å². The average molecular weight is 383 g/mol. The zero-order valence-corrected chi connectivity index (χ0v) is 16.5. The van der Waals surface area contributed by atoms with Crippen molar-refractivity contribution in [3.05, 3.63) is 47.9 Å². The monoisotopic (exact) mass is 382 g/mol. The molecule has 1 atom stereocenters. The molecule has 0 spiro atoms. The molecule has 2 aromatic heterocycles. The predicted molar refractivity (Wildman–Crippen MR) is 110 cm³/mol. The number of benzene rings is 1. The molecule has 6 heteroatoms. The van der Waals surface area contributed by atoms with Gasteiger partial charge in [0, 0.05) is 29.8 Å². The first-order valence-electron chi connectivity index (χ1n) is 9.67. The van der Waals surface area contributed by atoms with Crippen LogP contribution in [0.25, 0.3) is 11.0 Å². The first-order chi connectivity index (χ1) is 13.1. The molecule has 2 heterocycles. The lowest BCUT2D eigenvalue weighted by Crippen LogP contribution is -2.07. The molecule has 1 aromatic carbocycles. The minimum atomic E-state index is -0.926. The quantitative estimate of drug-likeness (QED) is 0.600. The maximum Gasteiger partial charge on any atom is 0.151 e. The lowest BCUT2D eigenvalue weighted by Gasteiger charge is -2.10. The zero-order chi connectivity index (χ0) is 18.8. The van der Waals surface area contributed by atoms with E-state index in [9.17, 15) is 4.21 Å². The molecule has 0 radical (unpaired) electrons. The van der Waals surface area contributed by atoms with Gasteiger partial charge >= 0.3 is 0 Å². The third-order valence-electron chi connectivity index (χ3n) is 5.20. The highest BCUT2D eigenvalue weighted by Gasteiger charge is 2.25. The largest absolute Gasteiger partial charge is 0.382 e. The van der Waals surface area contributed by atoms with Crippen molar-refractivity contribution in [3.63, 3.8) is 0 Å². The molecule has 1 saturated carbocycles. The summed E-state index contributed by atoms with van der Waals surface area (Å²) in [4.78, 5) is 10.0. The van der Waals surface area contributed by atoms with Crippen molar-refractivity contribution in [3.8, 4) is 0 Å². The van der Waals surface area contributed by atoms with Crippen LogP contribution in [-0.4, -0.2) is 24.5 Å². The van der Waals surface area contributed by atoms with Crippen LogP contribution in [0.5, 0.6) is 0 Å². The van der Waals surface area contributed by atoms with E-state index in [0.717, 1.165) is 59.0 Å². The Morgan fingerprint density at radius 3 is 2.74 bits per heavy atom. The fraction of sp³-hybridized carbons (Fsp3) is 0.429. The van der Waals surface area contributed by atoms with Gasteiger partial charge < -0.3 is 10.3 Å². The molecule has 27 heavy (non-hydrogen) atoms. The Morgan fingerprint density at radius 1 is 1.22 bits per heavy atom. The lowest BCUT2D eigenvalue weighted by atomic mass is 10.2. The van der Waals surface area contributed by atoms with Crippen molar-refractivity contribution < 1.29 is 4.21 Å². The molecule has 1 fully saturated rings. The smallest absolute Gasteiger partial charge is 0.151 e. The molecule has 2 N–H and O–H groups in total. The molecular weight excluding hydrogens is 356 g/mol. The van der Waals surface area contributed by atoms with Crippen molar-refractivity contribution in [2.45, 2.75) is 50.5 Å². The molecule has 142 valence electrons. The number of unbranched alkanes of at least 4 members (excludes halogenated alkanes) is 1. The predicted octanol–water partition coefficient (Wildman–Crippen LogP) is 3.86. The molecule has 0 bridgehead atoms. The summed E-state index contributed by atoms with van der Waals surface area (Å²) in [6.45, 7) is 2.95. The van der Waals surface area contributed by atoms with E-state index >= 15 is 0 Å². The summed E-state index contributed by atoms with van der Waals surface area (Å²) in [6, 6.07) is 9.71. The summed E-state index contributed by atoms with van der Waals surface area (Å²) < 4.78 is 14.7. The summed E-state index contributed by atoms with van der Waals surface area (Å²) in [7, 11) is -0.926. The van der Waals surface area contributed by atoms with E-state index in [0.29, 0.717) is 11.6 Å². The van der Waals surface area contributed by atoms with Gasteiger partial charge in [-0.1, -0.05) is 18.2 Å². The highest BCUT2D eigenvalue weighted by molar-refractivity contribution is 7.85. The number of anilines is 1. The Labute approximate surface area is 162 Å². The number of nitrogen functional groups attached to an aromatic ring is 1. The number of hydrogen-bond acceptors (Lipinski definition) is 4. The molecule has 4 rings (SSSR count). The summed E-state index contributed by atoms with van der Waals surface area (Å²) in [6.07, 6.45) is 7.34. The third-order valence-corrected chi connectivity index (χ3v) is 6.65. The van der Waals surface area contributed by atoms with E-state index in [1.807, 2.05) is 36.5 Å². The highest BCUT2D eigenvalue weighted by Crippen LogP contribution is 2.34. The molecule has 1 unspecified atom stereocenters. The molecule has 0 amide bonds. The Balaban J connectivity index is 1.47. The number of nitrogens with zero attached hydrogens (tertiary/aromatic N) is 3. The summed E-state index contributed by atoms with van der Waals surface area (Å²) in [5, 5.41) is 0. The Morgan fingerprint density at radius 2 is 2.00 bits per heavy atom. The second-order valence-corrected chi connectivity index (χ2v) is 8.99. The maximum atomic E-state index is 12.4. The fourth-order valence-corrected chi connectivity index (χ4v) is 4.70. The number of fused-ring (bicyclic) bond motifs is 1. The molecule has 0 saturated heterocycles. The molecule has 0 aliphatic heterocycles. The number of rotatable bonds is 8. The van der Waals surface area contributed by atoms with Crippen LogP contribution in [0.4, 0.5) is 5.82 Å². The van der Waals surface area contributed by atoms with Crippen molar-refractivity contribution in [1.82, 2.24) is 14.5 Å². The van der Waals surface area contributed by atoms with E-state index in [-0.39, 0.29) is 0 Å². The second-order valence-electron chi connectivity index (χ2n) is 7.42. The number of aryl methyl sites for hydroxylation is 2. The fourth-order valence-electron chi connectivity index (χ4n) is 3.54. The first kappa shape index (κ1) is 18.2. The summed E-state index contributed by atoms with van der Waals surface area (Å²) in [5.41, 5.74) is 9.14. The standard InChI is InChI=1S/C21H26N4OS/c1-15-14-23-21(22)19-20(15)25(18(24-19)13-16-9-10-16)11-5-6-12-27(26)17-7-3-2-4-8-17/h2-4,7-8,14,16H,5-6,9-13H2,1H3,(H2,22,23). The highest BCUT2D eigenvalue weighted by atomic mass is 32.2. The van der Waals surface area contributed by atoms with Crippen LogP contribution < -0.4 is 5.73 Å². The van der Waals surface area contributed by atoms with Gasteiger partial charge in [0.15, 0.2) is 5.82 Å². The Kier molecular flexibility index (Phi) is 5.25. The van der Waals surface area contributed by atoms with Gasteiger partial charge in [0.05, 0.1) is 16.3 Å². The van der Waals surface area contributed by atoms with Crippen LogP contribution in [0.15, 0.2) is 41.4 Å². The number of pyridine rings is 1. The van der Waals surface area contributed by atoms with Gasteiger partial charge in [0.2, 0.25) is 0 Å². The van der Waals surface area contributed by atoms with Crippen molar-refractivity contribution in [2.24, 2.45) is 5.92 Å². The van der Waals surface area contributed by atoms with Gasteiger partial charge in [-0.05, 0) is 56.2 Å². The zero-order valence-electron chi connectivity index (χ0n) is 15.7. The molecule has 1 aliphatic rings. The van der Waals surface area contributed by atoms with Crippen LogP contribution in [0.3, 0.4) is 0 Å². The average Bonchev–Trinajstić information content (AvgIpc) is 3.42. The number of nitrogens with two attached hydrogens (primary N) is 1. The van der Waals surface area contributed by atoms with E-state index < -0.39 is 10.8 Å². The Bertz CT molecular complexity index is 963. The minimum absolute atomic E-state index is 0.511. The van der Waals surface area contributed by atoms with Crippen LogP contribution in [0, 0.1) is 12.8 Å². The first-order valence-corrected chi connectivity index (χ1v) is 11.0. The minimum Gasteiger partial charge on any atom is -0.382 e. The lowest BCUT2D eigenvalue weighted by molar-refractivity contribution is 0.600. The second kappa shape index (κ2) is 7.80. The molecular formula is C21H26N4OS. The van der Waals surface area contributed by atoms with Crippen LogP contribution in [0.2, 0.25) is 0 Å². The van der Waals surface area contributed by atoms with Crippen molar-refractivity contribution in [2.75, 3.05) is 11.5 Å². The molecule has 3 aromatic rings. The van der Waals surface area contributed by atoms with E-state index in [4.69, 9.17) is 10.7 Å².